The van der Waals surface area contributed by atoms with Gasteiger partial charge in [0.1, 0.15) is 11.3 Å². The summed E-state index contributed by atoms with van der Waals surface area (Å²) in [5.74, 6) is 5.12. The molecule has 2 aromatic rings. The third-order valence-electron chi connectivity index (χ3n) is 3.82. The Bertz CT molecular complexity index is 849. The lowest BCUT2D eigenvalue weighted by Crippen LogP contribution is -2.05. The highest BCUT2D eigenvalue weighted by atomic mass is 16.5. The highest BCUT2D eigenvalue weighted by molar-refractivity contribution is 6.54. The summed E-state index contributed by atoms with van der Waals surface area (Å²) >= 11 is 0. The summed E-state index contributed by atoms with van der Waals surface area (Å²) in [5.41, 5.74) is 2.78. The minimum atomic E-state index is -0.415. The molecule has 124 valence electrons. The Kier molecular flexibility index (Phi) is 4.37. The number of hydrazone groups is 1. The molecular formula is C16H17N5O3. The number of rotatable bonds is 6. The first-order valence-electron chi connectivity index (χ1n) is 7.49. The number of esters is 1. The van der Waals surface area contributed by atoms with Crippen molar-refractivity contribution in [2.75, 3.05) is 7.11 Å². The number of hydrogen-bond acceptors (Lipinski definition) is 7. The molecule has 1 aliphatic carbocycles. The molecule has 0 saturated heterocycles. The summed E-state index contributed by atoms with van der Waals surface area (Å²) in [6.45, 7) is 0.244. The van der Waals surface area contributed by atoms with Crippen LogP contribution in [0.1, 0.15) is 40.4 Å². The Morgan fingerprint density at radius 1 is 1.50 bits per heavy atom. The summed E-state index contributed by atoms with van der Waals surface area (Å²) in [5, 5.41) is 3.28. The van der Waals surface area contributed by atoms with Gasteiger partial charge in [0, 0.05) is 12.4 Å². The van der Waals surface area contributed by atoms with Crippen LogP contribution in [-0.2, 0) is 16.1 Å². The van der Waals surface area contributed by atoms with E-state index in [-0.39, 0.29) is 12.3 Å². The first kappa shape index (κ1) is 15.9. The van der Waals surface area contributed by atoms with Crippen LogP contribution in [0.15, 0.2) is 28.6 Å². The summed E-state index contributed by atoms with van der Waals surface area (Å²) in [6.07, 6.45) is 7.86. The number of fused-ring (bicyclic) bond motifs is 1. The van der Waals surface area contributed by atoms with Crippen LogP contribution in [0.5, 0.6) is 0 Å². The van der Waals surface area contributed by atoms with Gasteiger partial charge in [-0.1, -0.05) is 0 Å². The van der Waals surface area contributed by atoms with Crippen molar-refractivity contribution >= 4 is 29.8 Å². The molecule has 3 rings (SSSR count). The molecule has 0 amide bonds. The molecule has 2 aromatic heterocycles. The number of aliphatic imine (C=N–C) groups is 1. The van der Waals surface area contributed by atoms with Crippen LogP contribution >= 0.6 is 0 Å². The van der Waals surface area contributed by atoms with E-state index in [0.29, 0.717) is 29.1 Å². The van der Waals surface area contributed by atoms with Crippen LogP contribution in [0.2, 0.25) is 0 Å². The second-order valence-electron chi connectivity index (χ2n) is 5.56. The number of aromatic nitrogens is 2. The Labute approximate surface area is 138 Å². The number of methoxy groups -OCH3 is 1. The number of hydrogen-bond donors (Lipinski definition) is 1. The number of aldehydes is 1. The van der Waals surface area contributed by atoms with E-state index < -0.39 is 5.97 Å². The lowest BCUT2D eigenvalue weighted by atomic mass is 10.1. The van der Waals surface area contributed by atoms with Gasteiger partial charge < -0.3 is 15.0 Å². The maximum Gasteiger partial charge on any atom is 0.341 e. The number of ether oxygens (including phenoxy) is 1. The van der Waals surface area contributed by atoms with Gasteiger partial charge >= 0.3 is 5.97 Å². The van der Waals surface area contributed by atoms with Crippen molar-refractivity contribution in [1.29, 1.82) is 0 Å². The van der Waals surface area contributed by atoms with E-state index in [1.165, 1.54) is 13.3 Å². The van der Waals surface area contributed by atoms with Crippen LogP contribution in [-0.4, -0.2) is 40.7 Å². The van der Waals surface area contributed by atoms with Crippen molar-refractivity contribution in [2.24, 2.45) is 15.9 Å². The molecule has 1 aliphatic rings. The second-order valence-corrected chi connectivity index (χ2v) is 5.56. The molecule has 0 spiro atoms. The number of nitrogens with zero attached hydrogens (tertiary/aromatic N) is 4. The van der Waals surface area contributed by atoms with Crippen molar-refractivity contribution in [1.82, 2.24) is 9.38 Å². The van der Waals surface area contributed by atoms with Gasteiger partial charge in [0.15, 0.2) is 11.9 Å². The van der Waals surface area contributed by atoms with E-state index in [0.717, 1.165) is 18.4 Å². The smallest absolute Gasteiger partial charge is 0.341 e. The number of pyridine rings is 1. The van der Waals surface area contributed by atoms with Crippen molar-refractivity contribution in [3.63, 3.8) is 0 Å². The molecule has 8 nitrogen and oxygen atoms in total. The maximum atomic E-state index is 12.0. The minimum absolute atomic E-state index is 0.0463. The Morgan fingerprint density at radius 3 is 2.92 bits per heavy atom. The fourth-order valence-corrected chi connectivity index (χ4v) is 2.47. The number of imidazole rings is 1. The van der Waals surface area contributed by atoms with Gasteiger partial charge in [-0.3, -0.25) is 9.79 Å². The zero-order valence-electron chi connectivity index (χ0n) is 13.2. The summed E-state index contributed by atoms with van der Waals surface area (Å²) in [7, 11) is 1.35. The van der Waals surface area contributed by atoms with E-state index in [1.807, 2.05) is 22.9 Å². The van der Waals surface area contributed by atoms with Crippen LogP contribution in [0.25, 0.3) is 5.65 Å². The molecule has 1 fully saturated rings. The molecule has 2 heterocycles. The molecule has 24 heavy (non-hydrogen) atoms. The van der Waals surface area contributed by atoms with Gasteiger partial charge in [-0.2, -0.15) is 5.10 Å². The van der Waals surface area contributed by atoms with Crippen LogP contribution in [0.3, 0.4) is 0 Å². The molecule has 0 unspecified atom stereocenters. The van der Waals surface area contributed by atoms with Gasteiger partial charge in [-0.05, 0) is 30.4 Å². The number of nitrogens with two attached hydrogens (primary N) is 1. The van der Waals surface area contributed by atoms with Crippen molar-refractivity contribution in [3.8, 4) is 0 Å². The molecule has 0 aliphatic heterocycles. The van der Waals surface area contributed by atoms with Gasteiger partial charge in [0.05, 0.1) is 25.6 Å². The Morgan fingerprint density at radius 2 is 2.29 bits per heavy atom. The van der Waals surface area contributed by atoms with E-state index in [1.54, 1.807) is 0 Å². The Balaban J connectivity index is 1.94. The number of carbonyl (C=O) groups is 2. The van der Waals surface area contributed by atoms with Crippen LogP contribution < -0.4 is 5.84 Å². The van der Waals surface area contributed by atoms with E-state index in [2.05, 4.69) is 15.1 Å². The molecular weight excluding hydrogens is 310 g/mol. The van der Waals surface area contributed by atoms with E-state index in [9.17, 15) is 9.59 Å². The molecule has 0 bridgehead atoms. The fourth-order valence-electron chi connectivity index (χ4n) is 2.47. The van der Waals surface area contributed by atoms with E-state index in [4.69, 9.17) is 10.6 Å². The van der Waals surface area contributed by atoms with E-state index >= 15 is 0 Å². The monoisotopic (exact) mass is 327 g/mol. The highest BCUT2D eigenvalue weighted by Crippen LogP contribution is 2.40. The minimum Gasteiger partial charge on any atom is -0.465 e. The summed E-state index contributed by atoms with van der Waals surface area (Å²) in [4.78, 5) is 31.2. The van der Waals surface area contributed by atoms with Crippen LogP contribution in [0, 0.1) is 0 Å². The predicted octanol–water partition coefficient (Wildman–Crippen LogP) is 1.08. The lowest BCUT2D eigenvalue weighted by molar-refractivity contribution is -0.102. The van der Waals surface area contributed by atoms with Gasteiger partial charge in [0.2, 0.25) is 0 Å². The first-order chi connectivity index (χ1) is 11.7. The molecule has 2 N–H and O–H groups in total. The summed E-state index contributed by atoms with van der Waals surface area (Å²) in [6, 6.07) is 1.85. The average molecular weight is 327 g/mol. The zero-order chi connectivity index (χ0) is 17.1. The third kappa shape index (κ3) is 3.17. The second kappa shape index (κ2) is 6.61. The van der Waals surface area contributed by atoms with Crippen molar-refractivity contribution < 1.29 is 14.3 Å². The molecule has 0 aromatic carbocycles. The zero-order valence-corrected chi connectivity index (χ0v) is 13.2. The fraction of sp³-hybridized carbons (Fsp3) is 0.312. The topological polar surface area (TPSA) is 111 Å². The predicted molar refractivity (Wildman–Crippen MR) is 88.4 cm³/mol. The molecule has 1 saturated carbocycles. The average Bonchev–Trinajstić information content (AvgIpc) is 3.37. The van der Waals surface area contributed by atoms with Crippen molar-refractivity contribution in [3.05, 3.63) is 35.3 Å². The number of carbonyl (C=O) groups excluding carboxylic acids is 2. The van der Waals surface area contributed by atoms with Crippen molar-refractivity contribution in [2.45, 2.75) is 25.3 Å². The normalized spacial score (nSPS) is 15.1. The van der Waals surface area contributed by atoms with Gasteiger partial charge in [-0.25, -0.2) is 9.78 Å². The quantitative estimate of drug-likeness (QED) is 0.280. The molecule has 8 heteroatoms. The lowest BCUT2D eigenvalue weighted by Gasteiger charge is -2.05. The highest BCUT2D eigenvalue weighted by Gasteiger charge is 2.26. The van der Waals surface area contributed by atoms with Crippen LogP contribution in [0.4, 0.5) is 0 Å². The standard InChI is InChI=1S/C16H17N5O3/c1-24-16(23)14-4-11(10-2-3-10)7-21-8-12(19-15(14)21)5-18-6-13(9-22)20-17/h4,6-10H,2-3,5,17H2,1H3/b18-6?,20-13+. The third-order valence-corrected chi connectivity index (χ3v) is 3.82. The largest absolute Gasteiger partial charge is 0.465 e. The molecule has 0 radical (unpaired) electrons. The maximum absolute atomic E-state index is 12.0. The first-order valence-corrected chi connectivity index (χ1v) is 7.49. The van der Waals surface area contributed by atoms with Gasteiger partial charge in [0.25, 0.3) is 0 Å². The summed E-state index contributed by atoms with van der Waals surface area (Å²) < 4.78 is 6.68. The van der Waals surface area contributed by atoms with Gasteiger partial charge in [-0.15, -0.1) is 0 Å². The Hall–Kier alpha value is -3.03. The molecule has 0 atom stereocenters. The SMILES string of the molecule is COC(=O)c1cc(C2CC2)cn2cc(CN=C/C(C=O)=N\N)nc12.